The number of aromatic nitrogens is 2. The minimum Gasteiger partial charge on any atom is -0.381 e. The second-order valence-electron chi connectivity index (χ2n) is 3.16. The molecule has 0 saturated carbocycles. The van der Waals surface area contributed by atoms with Crippen LogP contribution in [0.5, 0.6) is 0 Å². The molecule has 78 valence electrons. The Bertz CT molecular complexity index is 374. The van der Waals surface area contributed by atoms with Gasteiger partial charge in [-0.15, -0.1) is 0 Å². The summed E-state index contributed by atoms with van der Waals surface area (Å²) in [5.41, 5.74) is 5.75. The van der Waals surface area contributed by atoms with Crippen molar-refractivity contribution in [3.8, 4) is 0 Å². The van der Waals surface area contributed by atoms with Crippen LogP contribution in [0.15, 0.2) is 11.0 Å². The average Bonchev–Trinajstić information content (AvgIpc) is 2.13. The van der Waals surface area contributed by atoms with Crippen LogP contribution in [0.3, 0.4) is 0 Å². The van der Waals surface area contributed by atoms with E-state index in [9.17, 15) is 4.79 Å². The Morgan fingerprint density at radius 3 is 3.00 bits per heavy atom. The fourth-order valence-electron chi connectivity index (χ4n) is 0.905. The van der Waals surface area contributed by atoms with Gasteiger partial charge >= 0.3 is 0 Å². The highest BCUT2D eigenvalue weighted by Gasteiger charge is 2.06. The molecule has 0 bridgehead atoms. The Morgan fingerprint density at radius 1 is 1.79 bits per heavy atom. The van der Waals surface area contributed by atoms with E-state index in [1.807, 2.05) is 6.92 Å². The van der Waals surface area contributed by atoms with Crippen LogP contribution < -0.4 is 16.6 Å². The summed E-state index contributed by atoms with van der Waals surface area (Å²) in [5, 5.41) is 6.92. The van der Waals surface area contributed by atoms with Crippen LogP contribution in [0.25, 0.3) is 0 Å². The third kappa shape index (κ3) is 2.46. The summed E-state index contributed by atoms with van der Waals surface area (Å²) in [6.07, 6.45) is 1.51. The predicted molar refractivity (Wildman–Crippen MR) is 56.6 cm³/mol. The third-order valence-corrected chi connectivity index (χ3v) is 2.06. The number of anilines is 1. The lowest BCUT2D eigenvalue weighted by atomic mass is 10.3. The fourth-order valence-corrected chi connectivity index (χ4v) is 1.14. The summed E-state index contributed by atoms with van der Waals surface area (Å²) in [7, 11) is 1.55. The largest absolute Gasteiger partial charge is 0.381 e. The van der Waals surface area contributed by atoms with Crippen molar-refractivity contribution in [2.45, 2.75) is 13.0 Å². The van der Waals surface area contributed by atoms with Gasteiger partial charge < -0.3 is 11.1 Å². The predicted octanol–water partition coefficient (Wildman–Crippen LogP) is 0.193. The average molecular weight is 217 g/mol. The van der Waals surface area contributed by atoms with Gasteiger partial charge in [0.2, 0.25) is 0 Å². The molecule has 5 nitrogen and oxygen atoms in total. The lowest BCUT2D eigenvalue weighted by Crippen LogP contribution is -2.27. The Kier molecular flexibility index (Phi) is 3.49. The molecule has 1 heterocycles. The van der Waals surface area contributed by atoms with E-state index in [-0.39, 0.29) is 16.6 Å². The molecule has 0 spiro atoms. The first kappa shape index (κ1) is 11.0. The van der Waals surface area contributed by atoms with Crippen molar-refractivity contribution in [1.29, 1.82) is 0 Å². The molecule has 0 aliphatic carbocycles. The summed E-state index contributed by atoms with van der Waals surface area (Å²) in [5.74, 6) is 0. The van der Waals surface area contributed by atoms with Crippen LogP contribution in [0.2, 0.25) is 5.02 Å². The van der Waals surface area contributed by atoms with E-state index < -0.39 is 0 Å². The van der Waals surface area contributed by atoms with Crippen molar-refractivity contribution >= 4 is 17.3 Å². The summed E-state index contributed by atoms with van der Waals surface area (Å²) in [6.45, 7) is 2.41. The van der Waals surface area contributed by atoms with Crippen LogP contribution in [-0.2, 0) is 7.05 Å². The fraction of sp³-hybridized carbons (Fsp3) is 0.500. The second kappa shape index (κ2) is 4.43. The maximum absolute atomic E-state index is 11.3. The number of nitrogens with one attached hydrogen (secondary N) is 1. The summed E-state index contributed by atoms with van der Waals surface area (Å²) in [6, 6.07) is -0.00451. The number of hydrogen-bond donors (Lipinski definition) is 2. The number of rotatable bonds is 3. The maximum atomic E-state index is 11.3. The maximum Gasteiger partial charge on any atom is 0.287 e. The molecule has 0 aliphatic heterocycles. The Morgan fingerprint density at radius 2 is 2.43 bits per heavy atom. The first-order chi connectivity index (χ1) is 6.52. The summed E-state index contributed by atoms with van der Waals surface area (Å²) < 4.78 is 1.18. The lowest BCUT2D eigenvalue weighted by Gasteiger charge is -2.10. The molecule has 0 aliphatic rings. The van der Waals surface area contributed by atoms with Crippen molar-refractivity contribution in [2.24, 2.45) is 12.8 Å². The third-order valence-electron chi connectivity index (χ3n) is 1.69. The van der Waals surface area contributed by atoms with Gasteiger partial charge in [-0.05, 0) is 6.92 Å². The molecule has 0 fully saturated rings. The summed E-state index contributed by atoms with van der Waals surface area (Å²) >= 11 is 5.81. The van der Waals surface area contributed by atoms with Crippen LogP contribution in [-0.4, -0.2) is 22.4 Å². The molecule has 14 heavy (non-hydrogen) atoms. The Hall–Kier alpha value is -1.07. The van der Waals surface area contributed by atoms with Gasteiger partial charge in [-0.2, -0.15) is 5.10 Å². The molecule has 1 atom stereocenters. The number of hydrogen-bond acceptors (Lipinski definition) is 4. The number of nitrogens with zero attached hydrogens (tertiary/aromatic N) is 2. The zero-order valence-electron chi connectivity index (χ0n) is 8.12. The Labute approximate surface area is 86.9 Å². The minimum atomic E-state index is -0.318. The quantitative estimate of drug-likeness (QED) is 0.757. The molecule has 1 rings (SSSR count). The van der Waals surface area contributed by atoms with Crippen molar-refractivity contribution in [1.82, 2.24) is 9.78 Å². The van der Waals surface area contributed by atoms with Crippen molar-refractivity contribution < 1.29 is 0 Å². The molecule has 3 N–H and O–H groups in total. The van der Waals surface area contributed by atoms with E-state index in [0.29, 0.717) is 12.2 Å². The molecular weight excluding hydrogens is 204 g/mol. The van der Waals surface area contributed by atoms with Crippen molar-refractivity contribution in [3.63, 3.8) is 0 Å². The SMILES string of the molecule is CC(N)CNc1cnn(C)c(=O)c1Cl. The monoisotopic (exact) mass is 216 g/mol. The van der Waals surface area contributed by atoms with E-state index in [1.54, 1.807) is 7.05 Å². The zero-order chi connectivity index (χ0) is 10.7. The van der Waals surface area contributed by atoms with E-state index in [0.717, 1.165) is 0 Å². The van der Waals surface area contributed by atoms with Gasteiger partial charge in [0, 0.05) is 19.6 Å². The van der Waals surface area contributed by atoms with Gasteiger partial charge in [0.1, 0.15) is 5.02 Å². The van der Waals surface area contributed by atoms with Crippen LogP contribution in [0.1, 0.15) is 6.92 Å². The van der Waals surface area contributed by atoms with E-state index in [1.165, 1.54) is 10.9 Å². The number of halogens is 1. The highest BCUT2D eigenvalue weighted by Crippen LogP contribution is 2.14. The van der Waals surface area contributed by atoms with Gasteiger partial charge in [0.25, 0.3) is 5.56 Å². The standard InChI is InChI=1S/C8H13ClN4O/c1-5(10)3-11-6-4-12-13(2)8(14)7(6)9/h4-5,11H,3,10H2,1-2H3. The minimum absolute atomic E-state index is 0.00451. The molecular formula is C8H13ClN4O. The topological polar surface area (TPSA) is 72.9 Å². The second-order valence-corrected chi connectivity index (χ2v) is 3.54. The van der Waals surface area contributed by atoms with Crippen LogP contribution >= 0.6 is 11.6 Å². The van der Waals surface area contributed by atoms with Crippen molar-refractivity contribution in [3.05, 3.63) is 21.6 Å². The first-order valence-electron chi connectivity index (χ1n) is 4.23. The molecule has 0 saturated heterocycles. The van der Waals surface area contributed by atoms with Crippen LogP contribution in [0.4, 0.5) is 5.69 Å². The molecule has 1 unspecified atom stereocenters. The van der Waals surface area contributed by atoms with Gasteiger partial charge in [-0.1, -0.05) is 11.6 Å². The Balaban J connectivity index is 2.89. The van der Waals surface area contributed by atoms with Crippen molar-refractivity contribution in [2.75, 3.05) is 11.9 Å². The molecule has 0 amide bonds. The molecule has 1 aromatic rings. The first-order valence-corrected chi connectivity index (χ1v) is 4.61. The smallest absolute Gasteiger partial charge is 0.287 e. The number of aryl methyl sites for hydroxylation is 1. The molecule has 0 radical (unpaired) electrons. The van der Waals surface area contributed by atoms with E-state index in [4.69, 9.17) is 17.3 Å². The van der Waals surface area contributed by atoms with Crippen LogP contribution in [0, 0.1) is 0 Å². The summed E-state index contributed by atoms with van der Waals surface area (Å²) in [4.78, 5) is 11.3. The highest BCUT2D eigenvalue weighted by atomic mass is 35.5. The molecule has 0 aromatic carbocycles. The van der Waals surface area contributed by atoms with Gasteiger partial charge in [-0.25, -0.2) is 4.68 Å². The van der Waals surface area contributed by atoms with E-state index in [2.05, 4.69) is 10.4 Å². The van der Waals surface area contributed by atoms with E-state index >= 15 is 0 Å². The molecule has 1 aromatic heterocycles. The lowest BCUT2D eigenvalue weighted by molar-refractivity contribution is 0.706. The van der Waals surface area contributed by atoms with Gasteiger partial charge in [0.05, 0.1) is 11.9 Å². The van der Waals surface area contributed by atoms with Gasteiger partial charge in [-0.3, -0.25) is 4.79 Å². The zero-order valence-corrected chi connectivity index (χ0v) is 8.88. The highest BCUT2D eigenvalue weighted by molar-refractivity contribution is 6.32. The van der Waals surface area contributed by atoms with Gasteiger partial charge in [0.15, 0.2) is 0 Å². The normalized spacial score (nSPS) is 12.6. The number of nitrogens with two attached hydrogens (primary N) is 1. The molecule has 6 heteroatoms.